The van der Waals surface area contributed by atoms with Crippen LogP contribution < -0.4 is 5.32 Å². The molecule has 0 fully saturated rings. The van der Waals surface area contributed by atoms with E-state index in [1.54, 1.807) is 0 Å². The maximum atomic E-state index is 4.04. The van der Waals surface area contributed by atoms with Crippen LogP contribution in [0.15, 0.2) is 48.8 Å². The van der Waals surface area contributed by atoms with E-state index in [4.69, 9.17) is 0 Å². The van der Waals surface area contributed by atoms with E-state index in [0.29, 0.717) is 0 Å². The van der Waals surface area contributed by atoms with Gasteiger partial charge in [-0.3, -0.25) is 4.98 Å². The Hall–Kier alpha value is -2.13. The van der Waals surface area contributed by atoms with E-state index in [0.717, 1.165) is 13.1 Å². The number of hydrogen-bond acceptors (Lipinski definition) is 2. The number of benzene rings is 1. The molecule has 102 valence electrons. The smallest absolute Gasteiger partial charge is 0.0483 e. The molecule has 20 heavy (non-hydrogen) atoms. The number of pyridine rings is 1. The summed E-state index contributed by atoms with van der Waals surface area (Å²) in [5.74, 6) is 0. The van der Waals surface area contributed by atoms with Gasteiger partial charge in [0, 0.05) is 49.1 Å². The van der Waals surface area contributed by atoms with Crippen molar-refractivity contribution >= 4 is 10.9 Å². The molecule has 0 unspecified atom stereocenters. The summed E-state index contributed by atoms with van der Waals surface area (Å²) in [4.78, 5) is 4.04. The number of nitrogens with zero attached hydrogens (tertiary/aromatic N) is 2. The molecular weight excluding hydrogens is 246 g/mol. The lowest BCUT2D eigenvalue weighted by Gasteiger charge is -2.08. The Morgan fingerprint density at radius 2 is 1.80 bits per heavy atom. The lowest BCUT2D eigenvalue weighted by atomic mass is 10.1. The van der Waals surface area contributed by atoms with Crippen LogP contribution in [-0.2, 0) is 20.1 Å². The van der Waals surface area contributed by atoms with Crippen LogP contribution in [0.4, 0.5) is 0 Å². The number of fused-ring (bicyclic) bond motifs is 1. The van der Waals surface area contributed by atoms with Gasteiger partial charge in [-0.1, -0.05) is 18.2 Å². The van der Waals surface area contributed by atoms with E-state index in [2.05, 4.69) is 53.1 Å². The fourth-order valence-corrected chi connectivity index (χ4v) is 2.71. The quantitative estimate of drug-likeness (QED) is 0.785. The van der Waals surface area contributed by atoms with E-state index in [1.807, 2.05) is 24.5 Å². The molecule has 0 saturated heterocycles. The van der Waals surface area contributed by atoms with E-state index >= 15 is 0 Å². The van der Waals surface area contributed by atoms with Crippen LogP contribution in [-0.4, -0.2) is 9.55 Å². The number of nitrogens with one attached hydrogen (secondary N) is 1. The first-order valence-corrected chi connectivity index (χ1v) is 6.90. The van der Waals surface area contributed by atoms with Gasteiger partial charge < -0.3 is 9.88 Å². The van der Waals surface area contributed by atoms with E-state index in [-0.39, 0.29) is 0 Å². The van der Waals surface area contributed by atoms with Crippen molar-refractivity contribution in [1.82, 2.24) is 14.9 Å². The molecule has 0 bridgehead atoms. The number of aromatic nitrogens is 2. The minimum absolute atomic E-state index is 0.865. The van der Waals surface area contributed by atoms with E-state index < -0.39 is 0 Å². The molecule has 0 spiro atoms. The van der Waals surface area contributed by atoms with Crippen molar-refractivity contribution < 1.29 is 0 Å². The highest BCUT2D eigenvalue weighted by molar-refractivity contribution is 5.85. The second-order valence-electron chi connectivity index (χ2n) is 5.11. The predicted octanol–water partition coefficient (Wildman–Crippen LogP) is 3.17. The van der Waals surface area contributed by atoms with Crippen molar-refractivity contribution in [2.24, 2.45) is 7.05 Å². The molecule has 0 radical (unpaired) electrons. The van der Waals surface area contributed by atoms with Crippen molar-refractivity contribution in [3.05, 3.63) is 65.6 Å². The van der Waals surface area contributed by atoms with Crippen LogP contribution in [0.5, 0.6) is 0 Å². The summed E-state index contributed by atoms with van der Waals surface area (Å²) >= 11 is 0. The molecule has 0 saturated carbocycles. The SMILES string of the molecule is Cc1c(CNCc2ccncc2)n(C)c2ccccc12. The van der Waals surface area contributed by atoms with Crippen molar-refractivity contribution in [3.8, 4) is 0 Å². The summed E-state index contributed by atoms with van der Waals surface area (Å²) in [5, 5.41) is 4.86. The van der Waals surface area contributed by atoms with Crippen molar-refractivity contribution in [2.75, 3.05) is 0 Å². The predicted molar refractivity (Wildman–Crippen MR) is 82.4 cm³/mol. The minimum Gasteiger partial charge on any atom is -0.346 e. The van der Waals surface area contributed by atoms with Gasteiger partial charge in [-0.2, -0.15) is 0 Å². The molecule has 3 nitrogen and oxygen atoms in total. The zero-order valence-electron chi connectivity index (χ0n) is 11.9. The standard InChI is InChI=1S/C17H19N3/c1-13-15-5-3-4-6-16(15)20(2)17(13)12-19-11-14-7-9-18-10-8-14/h3-10,19H,11-12H2,1-2H3. The monoisotopic (exact) mass is 265 g/mol. The first kappa shape index (κ1) is 12.9. The van der Waals surface area contributed by atoms with Gasteiger partial charge >= 0.3 is 0 Å². The molecule has 3 aromatic rings. The molecule has 1 N–H and O–H groups in total. The summed E-state index contributed by atoms with van der Waals surface area (Å²) in [7, 11) is 2.14. The van der Waals surface area contributed by atoms with Crippen LogP contribution in [0.25, 0.3) is 10.9 Å². The third-order valence-corrected chi connectivity index (χ3v) is 3.88. The summed E-state index contributed by atoms with van der Waals surface area (Å²) in [6.07, 6.45) is 3.66. The van der Waals surface area contributed by atoms with Crippen molar-refractivity contribution in [1.29, 1.82) is 0 Å². The van der Waals surface area contributed by atoms with Crippen molar-refractivity contribution in [3.63, 3.8) is 0 Å². The van der Waals surface area contributed by atoms with Crippen molar-refractivity contribution in [2.45, 2.75) is 20.0 Å². The molecule has 0 atom stereocenters. The van der Waals surface area contributed by atoms with E-state index in [1.165, 1.54) is 27.7 Å². The summed E-state index contributed by atoms with van der Waals surface area (Å²) < 4.78 is 2.28. The third kappa shape index (κ3) is 2.32. The second kappa shape index (κ2) is 5.47. The fourth-order valence-electron chi connectivity index (χ4n) is 2.71. The Kier molecular flexibility index (Phi) is 3.52. The first-order valence-electron chi connectivity index (χ1n) is 6.90. The Labute approximate surface area is 119 Å². The number of aryl methyl sites for hydroxylation is 2. The second-order valence-corrected chi connectivity index (χ2v) is 5.11. The Morgan fingerprint density at radius 3 is 2.55 bits per heavy atom. The Morgan fingerprint density at radius 1 is 1.05 bits per heavy atom. The highest BCUT2D eigenvalue weighted by Gasteiger charge is 2.10. The third-order valence-electron chi connectivity index (χ3n) is 3.88. The molecule has 3 heteroatoms. The molecule has 3 rings (SSSR count). The van der Waals surface area contributed by atoms with Crippen LogP contribution in [0.3, 0.4) is 0 Å². The Balaban J connectivity index is 1.78. The number of hydrogen-bond donors (Lipinski definition) is 1. The topological polar surface area (TPSA) is 29.9 Å². The van der Waals surface area contributed by atoms with E-state index in [9.17, 15) is 0 Å². The van der Waals surface area contributed by atoms with Gasteiger partial charge in [-0.25, -0.2) is 0 Å². The van der Waals surface area contributed by atoms with Gasteiger partial charge in [0.2, 0.25) is 0 Å². The summed E-state index contributed by atoms with van der Waals surface area (Å²) in [6, 6.07) is 12.6. The lowest BCUT2D eigenvalue weighted by Crippen LogP contribution is -2.15. The molecular formula is C17H19N3. The highest BCUT2D eigenvalue weighted by atomic mass is 15.0. The maximum absolute atomic E-state index is 4.04. The molecule has 2 aromatic heterocycles. The Bertz CT molecular complexity index is 675. The number of rotatable bonds is 4. The highest BCUT2D eigenvalue weighted by Crippen LogP contribution is 2.24. The zero-order chi connectivity index (χ0) is 13.9. The van der Waals surface area contributed by atoms with Gasteiger partial charge in [-0.05, 0) is 36.2 Å². The minimum atomic E-state index is 0.865. The molecule has 0 amide bonds. The van der Waals surface area contributed by atoms with Gasteiger partial charge in [0.15, 0.2) is 0 Å². The molecule has 2 heterocycles. The van der Waals surface area contributed by atoms with Gasteiger partial charge in [0.05, 0.1) is 0 Å². The average molecular weight is 265 g/mol. The average Bonchev–Trinajstić information content (AvgIpc) is 2.74. The van der Waals surface area contributed by atoms with Crippen LogP contribution in [0, 0.1) is 6.92 Å². The van der Waals surface area contributed by atoms with Gasteiger partial charge in [0.25, 0.3) is 0 Å². The first-order chi connectivity index (χ1) is 9.77. The number of para-hydroxylation sites is 1. The van der Waals surface area contributed by atoms with Crippen LogP contribution >= 0.6 is 0 Å². The fraction of sp³-hybridized carbons (Fsp3) is 0.235. The molecule has 1 aromatic carbocycles. The normalized spacial score (nSPS) is 11.1. The van der Waals surface area contributed by atoms with Gasteiger partial charge in [-0.15, -0.1) is 0 Å². The summed E-state index contributed by atoms with van der Waals surface area (Å²) in [5.41, 5.74) is 5.27. The van der Waals surface area contributed by atoms with Crippen LogP contribution in [0.2, 0.25) is 0 Å². The molecule has 0 aliphatic rings. The molecule has 0 aliphatic heterocycles. The van der Waals surface area contributed by atoms with Gasteiger partial charge in [0.1, 0.15) is 0 Å². The zero-order valence-corrected chi connectivity index (χ0v) is 11.9. The van der Waals surface area contributed by atoms with Crippen LogP contribution in [0.1, 0.15) is 16.8 Å². The lowest BCUT2D eigenvalue weighted by molar-refractivity contribution is 0.656. The largest absolute Gasteiger partial charge is 0.346 e. The molecule has 0 aliphatic carbocycles. The summed E-state index contributed by atoms with van der Waals surface area (Å²) in [6.45, 7) is 3.94. The maximum Gasteiger partial charge on any atom is 0.0483 e.